The zero-order valence-electron chi connectivity index (χ0n) is 8.00. The molecule has 14 heavy (non-hydrogen) atoms. The maximum absolute atomic E-state index is 9.65. The number of benzene rings is 1. The van der Waals surface area contributed by atoms with Crippen LogP contribution in [0.25, 0.3) is 0 Å². The number of rotatable bonds is 4. The summed E-state index contributed by atoms with van der Waals surface area (Å²) in [6, 6.07) is 3.44. The van der Waals surface area contributed by atoms with Crippen molar-refractivity contribution in [1.82, 2.24) is 5.48 Å². The minimum absolute atomic E-state index is 0.190. The van der Waals surface area contributed by atoms with Crippen LogP contribution in [0.2, 0.25) is 0 Å². The predicted molar refractivity (Wildman–Crippen MR) is 56.2 cm³/mol. The number of methoxy groups -OCH3 is 1. The molecule has 0 fully saturated rings. The molecule has 1 aromatic rings. The van der Waals surface area contributed by atoms with E-state index < -0.39 is 0 Å². The molecule has 0 amide bonds. The number of aromatic hydroxyl groups is 1. The number of ether oxygens (including phenoxy) is 1. The third-order valence-electron chi connectivity index (χ3n) is 1.76. The molecule has 2 N–H and O–H groups in total. The molecule has 78 valence electrons. The van der Waals surface area contributed by atoms with Gasteiger partial charge in [-0.15, -0.1) is 0 Å². The molecular formula is C9H12BrNO3. The second kappa shape index (κ2) is 5.19. The Morgan fingerprint density at radius 1 is 1.43 bits per heavy atom. The van der Waals surface area contributed by atoms with Gasteiger partial charge in [0.2, 0.25) is 0 Å². The Hall–Kier alpha value is -0.780. The number of hydrogen-bond donors (Lipinski definition) is 2. The van der Waals surface area contributed by atoms with Gasteiger partial charge in [0.05, 0.1) is 18.7 Å². The average Bonchev–Trinajstić information content (AvgIpc) is 2.20. The van der Waals surface area contributed by atoms with Crippen LogP contribution in [-0.2, 0) is 11.4 Å². The van der Waals surface area contributed by atoms with Gasteiger partial charge in [0, 0.05) is 12.1 Å². The average molecular weight is 262 g/mol. The lowest BCUT2D eigenvalue weighted by Crippen LogP contribution is -2.11. The fraction of sp³-hybridized carbons (Fsp3) is 0.333. The molecule has 4 nitrogen and oxygen atoms in total. The SMILES string of the molecule is CONCc1cc(OC)cc(Br)c1O. The Morgan fingerprint density at radius 3 is 2.71 bits per heavy atom. The molecular weight excluding hydrogens is 250 g/mol. The number of halogens is 1. The summed E-state index contributed by atoms with van der Waals surface area (Å²) in [5, 5.41) is 9.65. The van der Waals surface area contributed by atoms with E-state index in [1.807, 2.05) is 0 Å². The fourth-order valence-corrected chi connectivity index (χ4v) is 1.51. The molecule has 0 aliphatic heterocycles. The second-order valence-corrected chi connectivity index (χ2v) is 3.50. The van der Waals surface area contributed by atoms with Crippen molar-refractivity contribution in [3.8, 4) is 11.5 Å². The van der Waals surface area contributed by atoms with Crippen LogP contribution in [0.15, 0.2) is 16.6 Å². The molecule has 0 aliphatic carbocycles. The zero-order valence-corrected chi connectivity index (χ0v) is 9.59. The van der Waals surface area contributed by atoms with E-state index in [4.69, 9.17) is 9.57 Å². The van der Waals surface area contributed by atoms with Gasteiger partial charge in [0.1, 0.15) is 11.5 Å². The molecule has 0 aromatic heterocycles. The number of hydrogen-bond acceptors (Lipinski definition) is 4. The highest BCUT2D eigenvalue weighted by molar-refractivity contribution is 9.10. The van der Waals surface area contributed by atoms with Crippen molar-refractivity contribution in [1.29, 1.82) is 0 Å². The topological polar surface area (TPSA) is 50.7 Å². The van der Waals surface area contributed by atoms with Crippen molar-refractivity contribution in [2.75, 3.05) is 14.2 Å². The van der Waals surface area contributed by atoms with Gasteiger partial charge in [0.25, 0.3) is 0 Å². The van der Waals surface area contributed by atoms with Gasteiger partial charge in [0.15, 0.2) is 0 Å². The highest BCUT2D eigenvalue weighted by atomic mass is 79.9. The van der Waals surface area contributed by atoms with E-state index in [2.05, 4.69) is 21.4 Å². The van der Waals surface area contributed by atoms with Gasteiger partial charge in [-0.05, 0) is 28.1 Å². The Balaban J connectivity index is 2.95. The van der Waals surface area contributed by atoms with Gasteiger partial charge in [-0.1, -0.05) is 0 Å². The Labute approximate surface area is 90.9 Å². The molecule has 0 unspecified atom stereocenters. The van der Waals surface area contributed by atoms with Crippen LogP contribution >= 0.6 is 15.9 Å². The molecule has 0 saturated carbocycles. The van der Waals surface area contributed by atoms with Crippen LogP contribution in [0.1, 0.15) is 5.56 Å². The first-order valence-electron chi connectivity index (χ1n) is 4.00. The molecule has 0 saturated heterocycles. The minimum Gasteiger partial charge on any atom is -0.506 e. The molecule has 0 atom stereocenters. The summed E-state index contributed by atoms with van der Waals surface area (Å²) in [5.41, 5.74) is 3.35. The summed E-state index contributed by atoms with van der Waals surface area (Å²) in [6.45, 7) is 0.415. The van der Waals surface area contributed by atoms with E-state index in [1.54, 1.807) is 19.2 Å². The zero-order chi connectivity index (χ0) is 10.6. The standard InChI is InChI=1S/C9H12BrNO3/c1-13-7-3-6(5-11-14-2)9(12)8(10)4-7/h3-4,11-12H,5H2,1-2H3. The van der Waals surface area contributed by atoms with Crippen molar-refractivity contribution in [2.24, 2.45) is 0 Å². The minimum atomic E-state index is 0.190. The number of phenolic OH excluding ortho intramolecular Hbond substituents is 1. The summed E-state index contributed by atoms with van der Waals surface area (Å²) in [6.07, 6.45) is 0. The maximum atomic E-state index is 9.65. The summed E-state index contributed by atoms with van der Waals surface area (Å²) in [5.74, 6) is 0.873. The molecule has 1 rings (SSSR count). The summed E-state index contributed by atoms with van der Waals surface area (Å²) in [7, 11) is 3.10. The molecule has 0 bridgehead atoms. The normalized spacial score (nSPS) is 10.2. The van der Waals surface area contributed by atoms with Gasteiger partial charge < -0.3 is 14.7 Å². The highest BCUT2D eigenvalue weighted by Gasteiger charge is 2.07. The first-order valence-corrected chi connectivity index (χ1v) is 4.79. The van der Waals surface area contributed by atoms with E-state index in [9.17, 15) is 5.11 Å². The second-order valence-electron chi connectivity index (χ2n) is 2.64. The molecule has 5 heteroatoms. The monoisotopic (exact) mass is 261 g/mol. The van der Waals surface area contributed by atoms with Crippen LogP contribution in [-0.4, -0.2) is 19.3 Å². The van der Waals surface area contributed by atoms with Crippen molar-refractivity contribution < 1.29 is 14.7 Å². The van der Waals surface area contributed by atoms with Crippen molar-refractivity contribution >= 4 is 15.9 Å². The van der Waals surface area contributed by atoms with E-state index in [1.165, 1.54) is 7.11 Å². The molecule has 0 spiro atoms. The van der Waals surface area contributed by atoms with Gasteiger partial charge >= 0.3 is 0 Å². The van der Waals surface area contributed by atoms with Gasteiger partial charge in [-0.2, -0.15) is 5.48 Å². The van der Waals surface area contributed by atoms with Crippen LogP contribution in [0.4, 0.5) is 0 Å². The van der Waals surface area contributed by atoms with Gasteiger partial charge in [-0.3, -0.25) is 0 Å². The lowest BCUT2D eigenvalue weighted by molar-refractivity contribution is 0.0861. The number of phenols is 1. The third-order valence-corrected chi connectivity index (χ3v) is 2.36. The van der Waals surface area contributed by atoms with E-state index in [-0.39, 0.29) is 5.75 Å². The molecule has 0 heterocycles. The highest BCUT2D eigenvalue weighted by Crippen LogP contribution is 2.32. The van der Waals surface area contributed by atoms with Crippen LogP contribution in [0.5, 0.6) is 11.5 Å². The van der Waals surface area contributed by atoms with Crippen LogP contribution in [0.3, 0.4) is 0 Å². The van der Waals surface area contributed by atoms with Crippen molar-refractivity contribution in [2.45, 2.75) is 6.54 Å². The first-order chi connectivity index (χ1) is 6.69. The Bertz CT molecular complexity index is 317. The largest absolute Gasteiger partial charge is 0.506 e. The first kappa shape index (κ1) is 11.3. The smallest absolute Gasteiger partial charge is 0.134 e. The van der Waals surface area contributed by atoms with Crippen LogP contribution in [0, 0.1) is 0 Å². The Kier molecular flexibility index (Phi) is 4.19. The quantitative estimate of drug-likeness (QED) is 0.812. The Morgan fingerprint density at radius 2 is 2.14 bits per heavy atom. The molecule has 0 aliphatic rings. The maximum Gasteiger partial charge on any atom is 0.134 e. The number of hydroxylamine groups is 1. The third kappa shape index (κ3) is 2.60. The van der Waals surface area contributed by atoms with E-state index in [0.717, 1.165) is 0 Å². The lowest BCUT2D eigenvalue weighted by atomic mass is 10.2. The van der Waals surface area contributed by atoms with Crippen LogP contribution < -0.4 is 10.2 Å². The van der Waals surface area contributed by atoms with Gasteiger partial charge in [-0.25, -0.2) is 0 Å². The molecule has 0 radical (unpaired) electrons. The predicted octanol–water partition coefficient (Wildman–Crippen LogP) is 1.81. The van der Waals surface area contributed by atoms with Crippen molar-refractivity contribution in [3.63, 3.8) is 0 Å². The fourth-order valence-electron chi connectivity index (χ4n) is 1.03. The molecule has 1 aromatic carbocycles. The summed E-state index contributed by atoms with van der Waals surface area (Å²) < 4.78 is 5.66. The summed E-state index contributed by atoms with van der Waals surface area (Å²) in [4.78, 5) is 4.70. The number of nitrogens with one attached hydrogen (secondary N) is 1. The lowest BCUT2D eigenvalue weighted by Gasteiger charge is -2.09. The summed E-state index contributed by atoms with van der Waals surface area (Å²) >= 11 is 3.23. The van der Waals surface area contributed by atoms with E-state index >= 15 is 0 Å². The van der Waals surface area contributed by atoms with Crippen molar-refractivity contribution in [3.05, 3.63) is 22.2 Å². The van der Waals surface area contributed by atoms with E-state index in [0.29, 0.717) is 22.3 Å².